The second kappa shape index (κ2) is 6.08. The van der Waals surface area contributed by atoms with Crippen LogP contribution in [0.1, 0.15) is 11.1 Å². The molecule has 1 aromatic heterocycles. The Kier molecular flexibility index (Phi) is 4.15. The van der Waals surface area contributed by atoms with Crippen LogP contribution in [0.2, 0.25) is 5.02 Å². The summed E-state index contributed by atoms with van der Waals surface area (Å²) in [5, 5.41) is 0.451. The number of halogens is 1. The number of aromatic amines is 1. The lowest BCUT2D eigenvalue weighted by Crippen LogP contribution is -2.24. The Bertz CT molecular complexity index is 906. The van der Waals surface area contributed by atoms with Gasteiger partial charge in [-0.2, -0.15) is 0 Å². The molecule has 114 valence electrons. The summed E-state index contributed by atoms with van der Waals surface area (Å²) >= 11 is 6.00. The lowest BCUT2D eigenvalue weighted by atomic mass is 10.2. The van der Waals surface area contributed by atoms with E-state index in [1.54, 1.807) is 30.6 Å². The van der Waals surface area contributed by atoms with Gasteiger partial charge in [0.05, 0.1) is 23.1 Å². The van der Waals surface area contributed by atoms with Gasteiger partial charge in [-0.3, -0.25) is 0 Å². The molecule has 0 atom stereocenters. The number of aromatic nitrogens is 2. The number of rotatable bonds is 5. The van der Waals surface area contributed by atoms with Gasteiger partial charge in [-0.05, 0) is 29.3 Å². The third kappa shape index (κ3) is 3.47. The Morgan fingerprint density at radius 3 is 2.82 bits per heavy atom. The van der Waals surface area contributed by atoms with Crippen molar-refractivity contribution in [3.63, 3.8) is 0 Å². The first-order chi connectivity index (χ1) is 10.5. The number of fused-ring (bicyclic) bond motifs is 1. The number of nitrogens with one attached hydrogen (secondary N) is 2. The Labute approximate surface area is 133 Å². The topological polar surface area (TPSA) is 74.8 Å². The van der Waals surface area contributed by atoms with Crippen LogP contribution in [0.5, 0.6) is 0 Å². The molecule has 0 spiro atoms. The summed E-state index contributed by atoms with van der Waals surface area (Å²) in [5.74, 6) is -0.140. The van der Waals surface area contributed by atoms with E-state index in [0.29, 0.717) is 10.6 Å². The summed E-state index contributed by atoms with van der Waals surface area (Å²) in [6.07, 6.45) is 1.61. The van der Waals surface area contributed by atoms with Gasteiger partial charge in [0.1, 0.15) is 0 Å². The number of H-pyrrole nitrogens is 1. The van der Waals surface area contributed by atoms with Crippen LogP contribution in [0.25, 0.3) is 11.0 Å². The summed E-state index contributed by atoms with van der Waals surface area (Å²) in [7, 11) is -3.46. The predicted molar refractivity (Wildman–Crippen MR) is 87.0 cm³/mol. The lowest BCUT2D eigenvalue weighted by Gasteiger charge is -2.08. The van der Waals surface area contributed by atoms with E-state index >= 15 is 0 Å². The molecule has 0 radical (unpaired) electrons. The van der Waals surface area contributed by atoms with E-state index in [4.69, 9.17) is 11.6 Å². The highest BCUT2D eigenvalue weighted by atomic mass is 35.5. The number of hydrogen-bond acceptors (Lipinski definition) is 3. The third-order valence-corrected chi connectivity index (χ3v) is 4.93. The molecule has 0 unspecified atom stereocenters. The SMILES string of the molecule is O=S(=O)(Cc1ccccc1Cl)NCc1ccc2nc[nH]c2c1. The molecule has 0 saturated carbocycles. The molecule has 0 aliphatic carbocycles. The number of benzene rings is 2. The molecule has 3 aromatic rings. The third-order valence-electron chi connectivity index (χ3n) is 3.28. The van der Waals surface area contributed by atoms with Crippen LogP contribution in [0, 0.1) is 0 Å². The number of imidazole rings is 1. The molecule has 3 rings (SSSR count). The van der Waals surface area contributed by atoms with Crippen molar-refractivity contribution in [3.8, 4) is 0 Å². The maximum atomic E-state index is 12.1. The largest absolute Gasteiger partial charge is 0.345 e. The first-order valence-electron chi connectivity index (χ1n) is 6.66. The van der Waals surface area contributed by atoms with Gasteiger partial charge < -0.3 is 4.98 Å². The van der Waals surface area contributed by atoms with Gasteiger partial charge in [-0.25, -0.2) is 18.1 Å². The highest BCUT2D eigenvalue weighted by molar-refractivity contribution is 7.88. The van der Waals surface area contributed by atoms with Gasteiger partial charge in [0, 0.05) is 11.6 Å². The molecule has 0 aliphatic heterocycles. The minimum Gasteiger partial charge on any atom is -0.345 e. The molecule has 0 amide bonds. The standard InChI is InChI=1S/C15H14ClN3O2S/c16-13-4-2-1-3-12(13)9-22(20,21)19-8-11-5-6-14-15(7-11)18-10-17-14/h1-7,10,19H,8-9H2,(H,17,18). The number of nitrogens with zero attached hydrogens (tertiary/aromatic N) is 1. The zero-order chi connectivity index (χ0) is 15.6. The van der Waals surface area contributed by atoms with Crippen LogP contribution in [0.15, 0.2) is 48.8 Å². The zero-order valence-corrected chi connectivity index (χ0v) is 13.2. The molecule has 0 bridgehead atoms. The van der Waals surface area contributed by atoms with E-state index in [1.807, 2.05) is 18.2 Å². The van der Waals surface area contributed by atoms with Gasteiger partial charge in [0.15, 0.2) is 0 Å². The fourth-order valence-electron chi connectivity index (χ4n) is 2.16. The molecular weight excluding hydrogens is 322 g/mol. The first-order valence-corrected chi connectivity index (χ1v) is 8.69. The molecule has 5 nitrogen and oxygen atoms in total. The van der Waals surface area contributed by atoms with Crippen LogP contribution in [0.4, 0.5) is 0 Å². The average molecular weight is 336 g/mol. The van der Waals surface area contributed by atoms with E-state index in [9.17, 15) is 8.42 Å². The molecule has 0 fully saturated rings. The van der Waals surface area contributed by atoms with Crippen molar-refractivity contribution in [1.82, 2.24) is 14.7 Å². The zero-order valence-electron chi connectivity index (χ0n) is 11.6. The number of sulfonamides is 1. The van der Waals surface area contributed by atoms with Gasteiger partial charge >= 0.3 is 0 Å². The second-order valence-corrected chi connectivity index (χ2v) is 7.14. The quantitative estimate of drug-likeness (QED) is 0.753. The maximum Gasteiger partial charge on any atom is 0.216 e. The monoisotopic (exact) mass is 335 g/mol. The van der Waals surface area contributed by atoms with Crippen LogP contribution in [-0.2, 0) is 22.3 Å². The summed E-state index contributed by atoms with van der Waals surface area (Å²) in [6, 6.07) is 12.5. The van der Waals surface area contributed by atoms with Crippen LogP contribution < -0.4 is 4.72 Å². The van der Waals surface area contributed by atoms with Gasteiger partial charge in [0.2, 0.25) is 10.0 Å². The molecule has 0 saturated heterocycles. The maximum absolute atomic E-state index is 12.1. The molecule has 2 aromatic carbocycles. The Hall–Kier alpha value is -1.89. The Morgan fingerprint density at radius 2 is 2.00 bits per heavy atom. The summed E-state index contributed by atoms with van der Waals surface area (Å²) in [6.45, 7) is 0.224. The fourth-order valence-corrected chi connectivity index (χ4v) is 3.59. The normalized spacial score (nSPS) is 11.9. The van der Waals surface area contributed by atoms with Crippen LogP contribution in [-0.4, -0.2) is 18.4 Å². The van der Waals surface area contributed by atoms with E-state index < -0.39 is 10.0 Å². The highest BCUT2D eigenvalue weighted by Gasteiger charge is 2.13. The van der Waals surface area contributed by atoms with Crippen LogP contribution >= 0.6 is 11.6 Å². The van der Waals surface area contributed by atoms with Crippen molar-refractivity contribution >= 4 is 32.7 Å². The van der Waals surface area contributed by atoms with Gasteiger partial charge in [-0.15, -0.1) is 0 Å². The minimum atomic E-state index is -3.46. The molecule has 0 aliphatic rings. The van der Waals surface area contributed by atoms with E-state index in [0.717, 1.165) is 16.6 Å². The summed E-state index contributed by atoms with van der Waals surface area (Å²) in [4.78, 5) is 7.12. The van der Waals surface area contributed by atoms with Crippen molar-refractivity contribution in [2.24, 2.45) is 0 Å². The molecule has 7 heteroatoms. The average Bonchev–Trinajstić information content (AvgIpc) is 2.95. The van der Waals surface area contributed by atoms with Crippen LogP contribution in [0.3, 0.4) is 0 Å². The first kappa shape index (κ1) is 15.0. The molecular formula is C15H14ClN3O2S. The lowest BCUT2D eigenvalue weighted by molar-refractivity contribution is 0.580. The number of hydrogen-bond donors (Lipinski definition) is 2. The van der Waals surface area contributed by atoms with Gasteiger partial charge in [0.25, 0.3) is 0 Å². The van der Waals surface area contributed by atoms with Crippen molar-refractivity contribution in [1.29, 1.82) is 0 Å². The Morgan fingerprint density at radius 1 is 1.18 bits per heavy atom. The highest BCUT2D eigenvalue weighted by Crippen LogP contribution is 2.17. The molecule has 22 heavy (non-hydrogen) atoms. The minimum absolute atomic E-state index is 0.140. The molecule has 1 heterocycles. The van der Waals surface area contributed by atoms with E-state index in [-0.39, 0.29) is 12.3 Å². The van der Waals surface area contributed by atoms with Gasteiger partial charge in [-0.1, -0.05) is 35.9 Å². The fraction of sp³-hybridized carbons (Fsp3) is 0.133. The predicted octanol–water partition coefficient (Wildman–Crippen LogP) is 2.84. The summed E-state index contributed by atoms with van der Waals surface area (Å²) < 4.78 is 26.9. The van der Waals surface area contributed by atoms with Crippen molar-refractivity contribution in [2.75, 3.05) is 0 Å². The smallest absolute Gasteiger partial charge is 0.216 e. The Balaban J connectivity index is 1.70. The molecule has 2 N–H and O–H groups in total. The van der Waals surface area contributed by atoms with E-state index in [1.165, 1.54) is 0 Å². The van der Waals surface area contributed by atoms with Crippen molar-refractivity contribution in [2.45, 2.75) is 12.3 Å². The van der Waals surface area contributed by atoms with Crippen molar-refractivity contribution < 1.29 is 8.42 Å². The summed E-state index contributed by atoms with van der Waals surface area (Å²) in [5.41, 5.74) is 3.17. The second-order valence-electron chi connectivity index (χ2n) is 4.93. The van der Waals surface area contributed by atoms with Crippen molar-refractivity contribution in [3.05, 3.63) is 64.9 Å². The van der Waals surface area contributed by atoms with E-state index in [2.05, 4.69) is 14.7 Å².